The minimum Gasteiger partial charge on any atom is -0.348 e. The molecule has 4 nitrogen and oxygen atoms in total. The summed E-state index contributed by atoms with van der Waals surface area (Å²) in [6.07, 6.45) is 9.41. The van der Waals surface area contributed by atoms with Crippen molar-refractivity contribution in [2.75, 3.05) is 26.4 Å². The fourth-order valence-electron chi connectivity index (χ4n) is 4.67. The first-order chi connectivity index (χ1) is 9.79. The van der Waals surface area contributed by atoms with Gasteiger partial charge >= 0.3 is 0 Å². The lowest BCUT2D eigenvalue weighted by Gasteiger charge is -2.42. The molecule has 0 amide bonds. The monoisotopic (exact) mass is 282 g/mol. The SMILES string of the molecule is C1COC2(CCC(C3CCC4(CC3)OCCO4)CC2)O1. The Morgan fingerprint density at radius 2 is 0.800 bits per heavy atom. The lowest BCUT2D eigenvalue weighted by Crippen LogP contribution is -2.40. The average molecular weight is 282 g/mol. The molecule has 0 aromatic rings. The van der Waals surface area contributed by atoms with Gasteiger partial charge in [0.25, 0.3) is 0 Å². The van der Waals surface area contributed by atoms with E-state index in [9.17, 15) is 0 Å². The van der Waals surface area contributed by atoms with Crippen LogP contribution in [0.2, 0.25) is 0 Å². The summed E-state index contributed by atoms with van der Waals surface area (Å²) in [6.45, 7) is 3.13. The van der Waals surface area contributed by atoms with Gasteiger partial charge in [0.15, 0.2) is 11.6 Å². The molecule has 4 rings (SSSR count). The second kappa shape index (κ2) is 5.24. The van der Waals surface area contributed by atoms with E-state index in [0.29, 0.717) is 0 Å². The van der Waals surface area contributed by atoms with Gasteiger partial charge in [-0.1, -0.05) is 0 Å². The van der Waals surface area contributed by atoms with Gasteiger partial charge < -0.3 is 18.9 Å². The molecule has 2 spiro atoms. The zero-order valence-corrected chi connectivity index (χ0v) is 12.3. The zero-order chi connectivity index (χ0) is 13.5. The molecule has 2 saturated carbocycles. The number of ether oxygens (including phenoxy) is 4. The third-order valence-corrected chi connectivity index (χ3v) is 5.88. The lowest BCUT2D eigenvalue weighted by atomic mass is 9.71. The van der Waals surface area contributed by atoms with Gasteiger partial charge in [-0.2, -0.15) is 0 Å². The Hall–Kier alpha value is -0.160. The molecule has 4 fully saturated rings. The van der Waals surface area contributed by atoms with Crippen LogP contribution in [0.3, 0.4) is 0 Å². The van der Waals surface area contributed by atoms with Crippen molar-refractivity contribution < 1.29 is 18.9 Å². The van der Waals surface area contributed by atoms with E-state index < -0.39 is 0 Å². The second-order valence-corrected chi connectivity index (χ2v) is 6.89. The van der Waals surface area contributed by atoms with Gasteiger partial charge in [0.1, 0.15) is 0 Å². The van der Waals surface area contributed by atoms with Crippen LogP contribution in [-0.4, -0.2) is 38.0 Å². The highest BCUT2D eigenvalue weighted by molar-refractivity contribution is 4.89. The first-order valence-corrected chi connectivity index (χ1v) is 8.35. The topological polar surface area (TPSA) is 36.9 Å². The third-order valence-electron chi connectivity index (χ3n) is 5.88. The number of hydrogen-bond donors (Lipinski definition) is 0. The number of hydrogen-bond acceptors (Lipinski definition) is 4. The van der Waals surface area contributed by atoms with Gasteiger partial charge in [-0.15, -0.1) is 0 Å². The summed E-state index contributed by atoms with van der Waals surface area (Å²) >= 11 is 0. The van der Waals surface area contributed by atoms with E-state index in [1.807, 2.05) is 0 Å². The highest BCUT2D eigenvalue weighted by atomic mass is 16.7. The van der Waals surface area contributed by atoms with E-state index in [0.717, 1.165) is 63.9 Å². The molecule has 0 bridgehead atoms. The van der Waals surface area contributed by atoms with E-state index in [1.54, 1.807) is 0 Å². The maximum absolute atomic E-state index is 5.83. The van der Waals surface area contributed by atoms with E-state index in [4.69, 9.17) is 18.9 Å². The molecule has 0 unspecified atom stereocenters. The van der Waals surface area contributed by atoms with Crippen LogP contribution in [0.25, 0.3) is 0 Å². The van der Waals surface area contributed by atoms with Crippen LogP contribution in [0.15, 0.2) is 0 Å². The molecule has 2 heterocycles. The summed E-state index contributed by atoms with van der Waals surface area (Å²) in [7, 11) is 0. The fraction of sp³-hybridized carbons (Fsp3) is 1.00. The minimum atomic E-state index is -0.204. The van der Waals surface area contributed by atoms with Gasteiger partial charge in [-0.05, 0) is 37.5 Å². The van der Waals surface area contributed by atoms with Crippen molar-refractivity contribution in [3.63, 3.8) is 0 Å². The average Bonchev–Trinajstić information content (AvgIpc) is 3.12. The van der Waals surface area contributed by atoms with Gasteiger partial charge in [-0.3, -0.25) is 0 Å². The minimum absolute atomic E-state index is 0.204. The zero-order valence-electron chi connectivity index (χ0n) is 12.3. The Morgan fingerprint density at radius 3 is 1.10 bits per heavy atom. The number of rotatable bonds is 1. The lowest BCUT2D eigenvalue weighted by molar-refractivity contribution is -0.197. The van der Waals surface area contributed by atoms with Crippen LogP contribution in [-0.2, 0) is 18.9 Å². The molecule has 0 aromatic heterocycles. The van der Waals surface area contributed by atoms with Crippen molar-refractivity contribution in [1.29, 1.82) is 0 Å². The summed E-state index contributed by atoms with van der Waals surface area (Å²) in [5, 5.41) is 0. The van der Waals surface area contributed by atoms with Crippen molar-refractivity contribution in [2.45, 2.75) is 62.9 Å². The summed E-state index contributed by atoms with van der Waals surface area (Å²) in [5.41, 5.74) is 0. The molecule has 114 valence electrons. The largest absolute Gasteiger partial charge is 0.348 e. The van der Waals surface area contributed by atoms with Gasteiger partial charge in [0.2, 0.25) is 0 Å². The Kier molecular flexibility index (Phi) is 3.53. The quantitative estimate of drug-likeness (QED) is 0.741. The highest BCUT2D eigenvalue weighted by Crippen LogP contribution is 2.47. The third kappa shape index (κ3) is 2.41. The van der Waals surface area contributed by atoms with Crippen LogP contribution in [0, 0.1) is 11.8 Å². The summed E-state index contributed by atoms with van der Waals surface area (Å²) < 4.78 is 23.3. The molecule has 2 aliphatic heterocycles. The molecule has 0 atom stereocenters. The molecule has 0 radical (unpaired) electrons. The first kappa shape index (κ1) is 13.5. The van der Waals surface area contributed by atoms with Gasteiger partial charge in [0.05, 0.1) is 26.4 Å². The van der Waals surface area contributed by atoms with Crippen LogP contribution in [0.1, 0.15) is 51.4 Å². The van der Waals surface area contributed by atoms with E-state index in [2.05, 4.69) is 0 Å². The standard InChI is InChI=1S/C16H26O4/c1-5-15(17-9-10-18-15)6-2-13(1)14-3-7-16(8-4-14)19-11-12-20-16/h13-14H,1-12H2. The molecule has 0 aromatic carbocycles. The smallest absolute Gasteiger partial charge is 0.168 e. The van der Waals surface area contributed by atoms with Gasteiger partial charge in [0, 0.05) is 25.7 Å². The Balaban J connectivity index is 1.30. The van der Waals surface area contributed by atoms with E-state index in [-0.39, 0.29) is 11.6 Å². The van der Waals surface area contributed by atoms with Crippen LogP contribution < -0.4 is 0 Å². The predicted molar refractivity (Wildman–Crippen MR) is 73.2 cm³/mol. The van der Waals surface area contributed by atoms with Crippen LogP contribution in [0.4, 0.5) is 0 Å². The summed E-state index contributed by atoms with van der Waals surface area (Å²) in [5.74, 6) is 1.30. The predicted octanol–water partition coefficient (Wildman–Crippen LogP) is 2.85. The van der Waals surface area contributed by atoms with Crippen molar-refractivity contribution in [3.8, 4) is 0 Å². The second-order valence-electron chi connectivity index (χ2n) is 6.89. The molecule has 20 heavy (non-hydrogen) atoms. The van der Waals surface area contributed by atoms with Crippen molar-refractivity contribution >= 4 is 0 Å². The highest BCUT2D eigenvalue weighted by Gasteiger charge is 2.45. The van der Waals surface area contributed by atoms with Crippen molar-refractivity contribution in [3.05, 3.63) is 0 Å². The molecular formula is C16H26O4. The summed E-state index contributed by atoms with van der Waals surface area (Å²) in [4.78, 5) is 0. The van der Waals surface area contributed by atoms with Crippen molar-refractivity contribution in [2.24, 2.45) is 11.8 Å². The van der Waals surface area contributed by atoms with Crippen LogP contribution in [0.5, 0.6) is 0 Å². The Labute approximate surface area is 121 Å². The van der Waals surface area contributed by atoms with Crippen LogP contribution >= 0.6 is 0 Å². The molecule has 2 saturated heterocycles. The van der Waals surface area contributed by atoms with Crippen molar-refractivity contribution in [1.82, 2.24) is 0 Å². The molecule has 4 aliphatic rings. The maximum Gasteiger partial charge on any atom is 0.168 e. The maximum atomic E-state index is 5.83. The Bertz CT molecular complexity index is 290. The fourth-order valence-corrected chi connectivity index (χ4v) is 4.67. The molecular weight excluding hydrogens is 256 g/mol. The molecule has 0 N–H and O–H groups in total. The summed E-state index contributed by atoms with van der Waals surface area (Å²) in [6, 6.07) is 0. The van der Waals surface area contributed by atoms with E-state index in [1.165, 1.54) is 25.7 Å². The van der Waals surface area contributed by atoms with Gasteiger partial charge in [-0.25, -0.2) is 0 Å². The first-order valence-electron chi connectivity index (χ1n) is 8.35. The Morgan fingerprint density at radius 1 is 0.500 bits per heavy atom. The normalized spacial score (nSPS) is 36.9. The van der Waals surface area contributed by atoms with E-state index >= 15 is 0 Å². The molecule has 2 aliphatic carbocycles. The molecule has 4 heteroatoms.